The summed E-state index contributed by atoms with van der Waals surface area (Å²) in [6, 6.07) is 7.67. The molecule has 0 saturated carbocycles. The predicted octanol–water partition coefficient (Wildman–Crippen LogP) is 4.20. The predicted molar refractivity (Wildman–Crippen MR) is 82.7 cm³/mol. The van der Waals surface area contributed by atoms with Gasteiger partial charge in [-0.2, -0.15) is 0 Å². The van der Waals surface area contributed by atoms with Crippen LogP contribution in [-0.2, 0) is 6.54 Å². The molecule has 0 atom stereocenters. The van der Waals surface area contributed by atoms with Gasteiger partial charge in [0.25, 0.3) is 0 Å². The molecule has 1 rings (SSSR count). The van der Waals surface area contributed by atoms with E-state index in [1.165, 1.54) is 0 Å². The van der Waals surface area contributed by atoms with Gasteiger partial charge in [-0.25, -0.2) is 4.79 Å². The highest BCUT2D eigenvalue weighted by atomic mass is 79.9. The highest BCUT2D eigenvalue weighted by Gasteiger charge is 2.12. The van der Waals surface area contributed by atoms with Gasteiger partial charge >= 0.3 is 6.03 Å². The van der Waals surface area contributed by atoms with Gasteiger partial charge in [-0.3, -0.25) is 0 Å². The second kappa shape index (κ2) is 6.75. The van der Waals surface area contributed by atoms with E-state index in [9.17, 15) is 4.79 Å². The molecule has 19 heavy (non-hydrogen) atoms. The van der Waals surface area contributed by atoms with Crippen LogP contribution in [0.25, 0.3) is 0 Å². The van der Waals surface area contributed by atoms with Gasteiger partial charge in [0.05, 0.1) is 0 Å². The third-order valence-electron chi connectivity index (χ3n) is 2.94. The van der Waals surface area contributed by atoms with Crippen LogP contribution in [0.2, 0.25) is 0 Å². The first-order valence-electron chi connectivity index (χ1n) is 6.25. The fraction of sp³-hybridized carbons (Fsp3) is 0.400. The molecule has 0 spiro atoms. The van der Waals surface area contributed by atoms with Crippen LogP contribution in [0.15, 0.2) is 40.5 Å². The van der Waals surface area contributed by atoms with Gasteiger partial charge in [-0.1, -0.05) is 54.4 Å². The largest absolute Gasteiger partial charge is 0.334 e. The topological polar surface area (TPSA) is 41.1 Å². The van der Waals surface area contributed by atoms with E-state index in [1.807, 2.05) is 31.2 Å². The summed E-state index contributed by atoms with van der Waals surface area (Å²) in [5.41, 5.74) is 2.25. The second-order valence-corrected chi connectivity index (χ2v) is 6.45. The SMILES string of the molecule is C/C(=C\NC(=O)NCc1cccc(Br)c1)C(C)(C)C. The summed E-state index contributed by atoms with van der Waals surface area (Å²) >= 11 is 3.40. The molecule has 2 N–H and O–H groups in total. The molecule has 0 radical (unpaired) electrons. The molecule has 3 nitrogen and oxygen atoms in total. The molecule has 1 aromatic carbocycles. The summed E-state index contributed by atoms with van der Waals surface area (Å²) in [6.07, 6.45) is 1.76. The van der Waals surface area contributed by atoms with Crippen molar-refractivity contribution in [2.75, 3.05) is 0 Å². The van der Waals surface area contributed by atoms with Crippen molar-refractivity contribution in [3.63, 3.8) is 0 Å². The van der Waals surface area contributed by atoms with Gasteiger partial charge in [-0.15, -0.1) is 0 Å². The molecule has 0 aliphatic rings. The number of urea groups is 1. The maximum atomic E-state index is 11.7. The number of halogens is 1. The van der Waals surface area contributed by atoms with Gasteiger partial charge in [0.1, 0.15) is 0 Å². The van der Waals surface area contributed by atoms with Crippen molar-refractivity contribution in [2.45, 2.75) is 34.2 Å². The molecule has 2 amide bonds. The molecular weight excluding hydrogens is 304 g/mol. The van der Waals surface area contributed by atoms with Crippen LogP contribution in [0.4, 0.5) is 4.79 Å². The fourth-order valence-electron chi connectivity index (χ4n) is 1.27. The van der Waals surface area contributed by atoms with Crippen LogP contribution < -0.4 is 10.6 Å². The Hall–Kier alpha value is -1.29. The van der Waals surface area contributed by atoms with Crippen LogP contribution in [0, 0.1) is 5.41 Å². The minimum Gasteiger partial charge on any atom is -0.334 e. The van der Waals surface area contributed by atoms with Crippen LogP contribution in [0.1, 0.15) is 33.3 Å². The number of hydrogen-bond acceptors (Lipinski definition) is 1. The van der Waals surface area contributed by atoms with Gasteiger partial charge in [-0.05, 0) is 30.0 Å². The lowest BCUT2D eigenvalue weighted by Gasteiger charge is -2.19. The van der Waals surface area contributed by atoms with Crippen molar-refractivity contribution in [3.8, 4) is 0 Å². The Morgan fingerprint density at radius 2 is 2.05 bits per heavy atom. The normalized spacial score (nSPS) is 12.2. The van der Waals surface area contributed by atoms with Gasteiger partial charge in [0, 0.05) is 17.2 Å². The molecule has 0 unspecified atom stereocenters. The smallest absolute Gasteiger partial charge is 0.319 e. The van der Waals surface area contributed by atoms with Gasteiger partial charge < -0.3 is 10.6 Å². The number of allylic oxidation sites excluding steroid dienone is 1. The van der Waals surface area contributed by atoms with E-state index < -0.39 is 0 Å². The van der Waals surface area contributed by atoms with Crippen LogP contribution in [0.3, 0.4) is 0 Å². The highest BCUT2D eigenvalue weighted by molar-refractivity contribution is 9.10. The van der Waals surface area contributed by atoms with E-state index in [2.05, 4.69) is 47.3 Å². The molecule has 0 heterocycles. The Bertz CT molecular complexity index is 475. The van der Waals surface area contributed by atoms with Crippen LogP contribution in [-0.4, -0.2) is 6.03 Å². The lowest BCUT2D eigenvalue weighted by molar-refractivity contribution is 0.243. The van der Waals surface area contributed by atoms with Crippen molar-refractivity contribution < 1.29 is 4.79 Å². The summed E-state index contributed by atoms with van der Waals surface area (Å²) < 4.78 is 1.01. The third kappa shape index (κ3) is 5.92. The van der Waals surface area contributed by atoms with E-state index in [0.29, 0.717) is 6.54 Å². The van der Waals surface area contributed by atoms with Gasteiger partial charge in [0.2, 0.25) is 0 Å². The fourth-order valence-corrected chi connectivity index (χ4v) is 1.72. The number of hydrogen-bond donors (Lipinski definition) is 2. The molecule has 104 valence electrons. The number of rotatable bonds is 3. The first-order valence-corrected chi connectivity index (χ1v) is 7.04. The Morgan fingerprint density at radius 3 is 2.63 bits per heavy atom. The van der Waals surface area contributed by atoms with Crippen molar-refractivity contribution in [2.24, 2.45) is 5.41 Å². The average molecular weight is 325 g/mol. The Morgan fingerprint density at radius 1 is 1.37 bits per heavy atom. The first-order chi connectivity index (χ1) is 8.79. The zero-order valence-corrected chi connectivity index (χ0v) is 13.5. The van der Waals surface area contributed by atoms with E-state index in [1.54, 1.807) is 6.20 Å². The lowest BCUT2D eigenvalue weighted by atomic mass is 9.88. The zero-order valence-electron chi connectivity index (χ0n) is 11.9. The molecular formula is C15H21BrN2O. The van der Waals surface area contributed by atoms with Crippen LogP contribution in [0.5, 0.6) is 0 Å². The summed E-state index contributed by atoms with van der Waals surface area (Å²) in [6.45, 7) is 8.85. The van der Waals surface area contributed by atoms with Crippen molar-refractivity contribution in [1.82, 2.24) is 10.6 Å². The molecule has 0 bridgehead atoms. The van der Waals surface area contributed by atoms with Crippen molar-refractivity contribution in [1.29, 1.82) is 0 Å². The Balaban J connectivity index is 2.45. The highest BCUT2D eigenvalue weighted by Crippen LogP contribution is 2.23. The molecule has 0 aromatic heterocycles. The minimum atomic E-state index is -0.191. The molecule has 0 saturated heterocycles. The quantitative estimate of drug-likeness (QED) is 0.859. The maximum Gasteiger partial charge on any atom is 0.319 e. The lowest BCUT2D eigenvalue weighted by Crippen LogP contribution is -2.32. The molecule has 1 aromatic rings. The van der Waals surface area contributed by atoms with Crippen molar-refractivity contribution in [3.05, 3.63) is 46.1 Å². The second-order valence-electron chi connectivity index (χ2n) is 5.53. The number of nitrogens with one attached hydrogen (secondary N) is 2. The Kier molecular flexibility index (Phi) is 5.60. The minimum absolute atomic E-state index is 0.0670. The van der Waals surface area contributed by atoms with Gasteiger partial charge in [0.15, 0.2) is 0 Å². The average Bonchev–Trinajstić information content (AvgIpc) is 2.32. The summed E-state index contributed by atoms with van der Waals surface area (Å²) in [5.74, 6) is 0. The number of carbonyl (C=O) groups is 1. The maximum absolute atomic E-state index is 11.7. The zero-order chi connectivity index (χ0) is 14.5. The summed E-state index contributed by atoms with van der Waals surface area (Å²) in [5, 5.41) is 5.57. The number of amides is 2. The van der Waals surface area contributed by atoms with Crippen molar-refractivity contribution >= 4 is 22.0 Å². The molecule has 0 aliphatic carbocycles. The standard InChI is InChI=1S/C15H21BrN2O/c1-11(15(2,3)4)9-17-14(19)18-10-12-6-5-7-13(16)8-12/h5-9H,10H2,1-4H3,(H2,17,18,19)/b11-9+. The molecule has 0 fully saturated rings. The number of benzene rings is 1. The first kappa shape index (κ1) is 15.8. The molecule has 0 aliphatic heterocycles. The monoisotopic (exact) mass is 324 g/mol. The third-order valence-corrected chi connectivity index (χ3v) is 3.44. The van der Waals surface area contributed by atoms with E-state index in [0.717, 1.165) is 15.6 Å². The summed E-state index contributed by atoms with van der Waals surface area (Å²) in [4.78, 5) is 11.7. The Labute approximate surface area is 123 Å². The van der Waals surface area contributed by atoms with E-state index >= 15 is 0 Å². The van der Waals surface area contributed by atoms with Crippen LogP contribution >= 0.6 is 15.9 Å². The van der Waals surface area contributed by atoms with E-state index in [4.69, 9.17) is 0 Å². The summed E-state index contributed by atoms with van der Waals surface area (Å²) in [7, 11) is 0. The van der Waals surface area contributed by atoms with E-state index in [-0.39, 0.29) is 11.4 Å². The number of carbonyl (C=O) groups excluding carboxylic acids is 1. The molecule has 4 heteroatoms.